The van der Waals surface area contributed by atoms with Crippen molar-refractivity contribution in [2.24, 2.45) is 16.8 Å². The first-order chi connectivity index (χ1) is 12.2. The van der Waals surface area contributed by atoms with Crippen molar-refractivity contribution in [3.63, 3.8) is 0 Å². The van der Waals surface area contributed by atoms with E-state index in [0.29, 0.717) is 31.3 Å². The van der Waals surface area contributed by atoms with Gasteiger partial charge in [0.1, 0.15) is 5.84 Å². The number of rotatable bonds is 3. The van der Waals surface area contributed by atoms with Crippen molar-refractivity contribution in [1.29, 1.82) is 0 Å². The van der Waals surface area contributed by atoms with Gasteiger partial charge in [-0.05, 0) is 58.3 Å². The van der Waals surface area contributed by atoms with Gasteiger partial charge in [-0.2, -0.15) is 0 Å². The molecule has 0 bridgehead atoms. The molecule has 0 aromatic rings. The largest absolute Gasteiger partial charge is 0.329 e. The highest BCUT2D eigenvalue weighted by Crippen LogP contribution is 2.39. The van der Waals surface area contributed by atoms with Crippen LogP contribution in [0.3, 0.4) is 0 Å². The van der Waals surface area contributed by atoms with Crippen LogP contribution in [0, 0.1) is 11.8 Å². The number of amides is 2. The minimum atomic E-state index is -0.330. The Morgan fingerprint density at radius 2 is 1.92 bits per heavy atom. The molecule has 0 unspecified atom stereocenters. The molecule has 3 rings (SSSR count). The highest BCUT2D eigenvalue weighted by Gasteiger charge is 2.46. The monoisotopic (exact) mass is 360 g/mol. The lowest BCUT2D eigenvalue weighted by atomic mass is 9.90. The summed E-state index contributed by atoms with van der Waals surface area (Å²) in [4.78, 5) is 34.2. The highest BCUT2D eigenvalue weighted by molar-refractivity contribution is 6.11. The molecule has 0 aromatic heterocycles. The Hall–Kier alpha value is -1.69. The topological polar surface area (TPSA) is 65.0 Å². The molecule has 0 spiro atoms. The zero-order chi connectivity index (χ0) is 19.1. The molecule has 0 atom stereocenters. The molecule has 1 saturated heterocycles. The van der Waals surface area contributed by atoms with Gasteiger partial charge in [0.15, 0.2) is 0 Å². The van der Waals surface area contributed by atoms with Crippen molar-refractivity contribution < 1.29 is 9.59 Å². The Labute approximate surface area is 156 Å². The summed E-state index contributed by atoms with van der Waals surface area (Å²) in [5, 5.41) is 2.97. The fraction of sp³-hybridized carbons (Fsp3) is 0.750. The smallest absolute Gasteiger partial charge is 0.226 e. The number of hydrogen-bond acceptors (Lipinski definition) is 4. The van der Waals surface area contributed by atoms with Crippen LogP contribution in [-0.2, 0) is 9.59 Å². The van der Waals surface area contributed by atoms with Crippen LogP contribution in [0.4, 0.5) is 0 Å². The summed E-state index contributed by atoms with van der Waals surface area (Å²) >= 11 is 0. The van der Waals surface area contributed by atoms with E-state index in [9.17, 15) is 9.59 Å². The molecule has 0 radical (unpaired) electrons. The Kier molecular flexibility index (Phi) is 5.24. The summed E-state index contributed by atoms with van der Waals surface area (Å²) in [5.41, 5.74) is 1.90. The van der Waals surface area contributed by atoms with Gasteiger partial charge in [-0.25, -0.2) is 0 Å². The molecule has 3 aliphatic rings. The van der Waals surface area contributed by atoms with Crippen LogP contribution in [0.1, 0.15) is 47.0 Å². The average molecular weight is 361 g/mol. The first kappa shape index (κ1) is 19.1. The van der Waals surface area contributed by atoms with Gasteiger partial charge in [0.05, 0.1) is 18.6 Å². The van der Waals surface area contributed by atoms with Gasteiger partial charge in [-0.3, -0.25) is 14.6 Å². The normalized spacial score (nSPS) is 23.5. The van der Waals surface area contributed by atoms with E-state index in [1.807, 2.05) is 18.7 Å². The lowest BCUT2D eigenvalue weighted by Crippen LogP contribution is -2.50. The van der Waals surface area contributed by atoms with Crippen LogP contribution in [0.15, 0.2) is 16.1 Å². The molecule has 144 valence electrons. The third-order valence-electron chi connectivity index (χ3n) is 5.96. The van der Waals surface area contributed by atoms with Crippen molar-refractivity contribution >= 4 is 17.6 Å². The van der Waals surface area contributed by atoms with Crippen LogP contribution in [0.25, 0.3) is 0 Å². The van der Waals surface area contributed by atoms with E-state index >= 15 is 0 Å². The predicted molar refractivity (Wildman–Crippen MR) is 103 cm³/mol. The van der Waals surface area contributed by atoms with Crippen molar-refractivity contribution in [2.75, 3.05) is 33.2 Å². The van der Waals surface area contributed by atoms with E-state index < -0.39 is 0 Å². The highest BCUT2D eigenvalue weighted by atomic mass is 16.2. The third-order valence-corrected chi connectivity index (χ3v) is 5.96. The number of aliphatic imine (C=N–C) groups is 1. The number of piperidine rings is 1. The Bertz CT molecular complexity index is 655. The number of carbonyl (C=O) groups excluding carboxylic acids is 2. The molecule has 2 amide bonds. The molecule has 0 saturated carbocycles. The molecule has 1 N–H and O–H groups in total. The maximum absolute atomic E-state index is 13.2. The van der Waals surface area contributed by atoms with Gasteiger partial charge in [-0.1, -0.05) is 13.8 Å². The Balaban J connectivity index is 1.70. The standard InChI is InChI=1S/C20H32N4O2/c1-13(2)10-17(25)22-18-15-12-24(20(3,4)16(15)11-21-18)19(26)14-6-8-23(5)9-7-14/h13-14H,6-12H2,1-5H3,(H,21,22,25). The van der Waals surface area contributed by atoms with Crippen molar-refractivity contribution in [3.05, 3.63) is 11.1 Å². The first-order valence-electron chi connectivity index (χ1n) is 9.77. The van der Waals surface area contributed by atoms with Gasteiger partial charge in [-0.15, -0.1) is 0 Å². The molecule has 6 nitrogen and oxygen atoms in total. The zero-order valence-electron chi connectivity index (χ0n) is 16.8. The molecule has 3 aliphatic heterocycles. The molecule has 6 heteroatoms. The molecular formula is C20H32N4O2. The van der Waals surface area contributed by atoms with Crippen LogP contribution >= 0.6 is 0 Å². The van der Waals surface area contributed by atoms with Crippen LogP contribution < -0.4 is 5.32 Å². The lowest BCUT2D eigenvalue weighted by Gasteiger charge is -2.38. The second-order valence-electron chi connectivity index (χ2n) is 8.83. The summed E-state index contributed by atoms with van der Waals surface area (Å²) in [7, 11) is 2.11. The maximum Gasteiger partial charge on any atom is 0.226 e. The van der Waals surface area contributed by atoms with Crippen LogP contribution in [-0.4, -0.2) is 66.2 Å². The molecular weight excluding hydrogens is 328 g/mol. The summed E-state index contributed by atoms with van der Waals surface area (Å²) in [6, 6.07) is 0. The number of nitrogens with zero attached hydrogens (tertiary/aromatic N) is 3. The average Bonchev–Trinajstić information content (AvgIpc) is 3.06. The zero-order valence-corrected chi connectivity index (χ0v) is 16.8. The SMILES string of the molecule is CC(C)CC(=O)NC1=NCC2=C1CN(C(=O)C1CCN(C)CC1)C2(C)C. The van der Waals surface area contributed by atoms with E-state index in [2.05, 4.69) is 36.1 Å². The second kappa shape index (κ2) is 7.14. The third kappa shape index (κ3) is 3.56. The summed E-state index contributed by atoms with van der Waals surface area (Å²) in [6.07, 6.45) is 2.35. The molecule has 26 heavy (non-hydrogen) atoms. The number of hydrogen-bond donors (Lipinski definition) is 1. The number of nitrogens with one attached hydrogen (secondary N) is 1. The maximum atomic E-state index is 13.2. The van der Waals surface area contributed by atoms with Gasteiger partial charge in [0, 0.05) is 17.9 Å². The summed E-state index contributed by atoms with van der Waals surface area (Å²) in [6.45, 7) is 11.4. The van der Waals surface area contributed by atoms with Gasteiger partial charge in [0.25, 0.3) is 0 Å². The summed E-state index contributed by atoms with van der Waals surface area (Å²) < 4.78 is 0. The Morgan fingerprint density at radius 3 is 2.54 bits per heavy atom. The lowest BCUT2D eigenvalue weighted by molar-refractivity contribution is -0.139. The second-order valence-corrected chi connectivity index (χ2v) is 8.83. The minimum Gasteiger partial charge on any atom is -0.329 e. The van der Waals surface area contributed by atoms with Crippen molar-refractivity contribution in [2.45, 2.75) is 52.5 Å². The fourth-order valence-electron chi connectivity index (χ4n) is 4.24. The molecule has 0 aliphatic carbocycles. The van der Waals surface area contributed by atoms with E-state index in [1.165, 1.54) is 5.57 Å². The van der Waals surface area contributed by atoms with Crippen LogP contribution in [0.2, 0.25) is 0 Å². The summed E-state index contributed by atoms with van der Waals surface area (Å²) in [5.74, 6) is 1.36. The molecule has 1 fully saturated rings. The quantitative estimate of drug-likeness (QED) is 0.835. The van der Waals surface area contributed by atoms with E-state index in [0.717, 1.165) is 31.5 Å². The first-order valence-corrected chi connectivity index (χ1v) is 9.77. The number of amidine groups is 1. The number of carbonyl (C=O) groups is 2. The van der Waals surface area contributed by atoms with Gasteiger partial charge >= 0.3 is 0 Å². The predicted octanol–water partition coefficient (Wildman–Crippen LogP) is 1.82. The minimum absolute atomic E-state index is 0.00500. The van der Waals surface area contributed by atoms with Crippen molar-refractivity contribution in [3.8, 4) is 0 Å². The molecule has 0 aromatic carbocycles. The Morgan fingerprint density at radius 1 is 1.27 bits per heavy atom. The fourth-order valence-corrected chi connectivity index (χ4v) is 4.24. The van der Waals surface area contributed by atoms with Crippen molar-refractivity contribution in [1.82, 2.24) is 15.1 Å². The van der Waals surface area contributed by atoms with E-state index in [-0.39, 0.29) is 23.3 Å². The van der Waals surface area contributed by atoms with E-state index in [1.54, 1.807) is 0 Å². The number of likely N-dealkylation sites (tertiary alicyclic amines) is 1. The van der Waals surface area contributed by atoms with Gasteiger partial charge < -0.3 is 15.1 Å². The molecule has 3 heterocycles. The van der Waals surface area contributed by atoms with E-state index in [4.69, 9.17) is 0 Å². The van der Waals surface area contributed by atoms with Gasteiger partial charge in [0.2, 0.25) is 11.8 Å². The van der Waals surface area contributed by atoms with Crippen LogP contribution in [0.5, 0.6) is 0 Å².